The second-order valence-electron chi connectivity index (χ2n) is 5.51. The van der Waals surface area contributed by atoms with Crippen LogP contribution in [0.1, 0.15) is 31.9 Å². The summed E-state index contributed by atoms with van der Waals surface area (Å²) in [6.45, 7) is 8.38. The molecule has 0 spiro atoms. The van der Waals surface area contributed by atoms with Crippen LogP contribution in [-0.4, -0.2) is 15.0 Å². The van der Waals surface area contributed by atoms with Crippen molar-refractivity contribution < 1.29 is 4.74 Å². The van der Waals surface area contributed by atoms with E-state index in [-0.39, 0.29) is 22.0 Å². The molecule has 1 heterocycles. The van der Waals surface area contributed by atoms with Crippen LogP contribution in [0.3, 0.4) is 0 Å². The van der Waals surface area contributed by atoms with Crippen molar-refractivity contribution in [2.24, 2.45) is 0 Å². The molecule has 0 aliphatic rings. The van der Waals surface area contributed by atoms with E-state index in [0.717, 1.165) is 11.1 Å². The first kappa shape index (κ1) is 15.0. The summed E-state index contributed by atoms with van der Waals surface area (Å²) in [6.07, 6.45) is 0. The van der Waals surface area contributed by atoms with Crippen molar-refractivity contribution >= 4 is 23.2 Å². The van der Waals surface area contributed by atoms with E-state index in [1.807, 2.05) is 19.1 Å². The highest BCUT2D eigenvalue weighted by atomic mass is 35.5. The Hall–Kier alpha value is -1.39. The number of hydrogen-bond donors (Lipinski definition) is 0. The third kappa shape index (κ3) is 3.58. The molecule has 0 aliphatic heterocycles. The second-order valence-corrected chi connectivity index (χ2v) is 6.18. The minimum Gasteiger partial charge on any atom is -0.424 e. The first-order chi connectivity index (χ1) is 9.25. The highest BCUT2D eigenvalue weighted by Gasteiger charge is 2.20. The van der Waals surface area contributed by atoms with Gasteiger partial charge in [0.05, 0.1) is 0 Å². The number of hydrogen-bond acceptors (Lipinski definition) is 4. The molecular formula is C14H15Cl2N3O. The van der Waals surface area contributed by atoms with E-state index in [9.17, 15) is 0 Å². The van der Waals surface area contributed by atoms with Crippen molar-refractivity contribution in [1.82, 2.24) is 15.0 Å². The van der Waals surface area contributed by atoms with Gasteiger partial charge in [0.2, 0.25) is 10.6 Å². The fourth-order valence-electron chi connectivity index (χ4n) is 1.77. The molecule has 0 N–H and O–H groups in total. The molecule has 0 amide bonds. The van der Waals surface area contributed by atoms with Crippen molar-refractivity contribution in [3.05, 3.63) is 39.9 Å². The van der Waals surface area contributed by atoms with Crippen molar-refractivity contribution in [3.63, 3.8) is 0 Å². The van der Waals surface area contributed by atoms with E-state index in [2.05, 4.69) is 41.8 Å². The Kier molecular flexibility index (Phi) is 4.16. The Morgan fingerprint density at radius 3 is 2.15 bits per heavy atom. The lowest BCUT2D eigenvalue weighted by Gasteiger charge is -2.22. The van der Waals surface area contributed by atoms with Crippen LogP contribution in [0.2, 0.25) is 10.6 Å². The van der Waals surface area contributed by atoms with Crippen LogP contribution < -0.4 is 4.74 Å². The lowest BCUT2D eigenvalue weighted by atomic mass is 9.85. The Morgan fingerprint density at radius 2 is 1.60 bits per heavy atom. The molecule has 1 aromatic heterocycles. The minimum absolute atomic E-state index is 0.00409. The topological polar surface area (TPSA) is 47.9 Å². The molecule has 4 nitrogen and oxygen atoms in total. The zero-order valence-electron chi connectivity index (χ0n) is 11.7. The van der Waals surface area contributed by atoms with E-state index in [1.165, 1.54) is 0 Å². The van der Waals surface area contributed by atoms with E-state index >= 15 is 0 Å². The molecule has 2 aromatic rings. The van der Waals surface area contributed by atoms with Crippen LogP contribution in [0.25, 0.3) is 0 Å². The van der Waals surface area contributed by atoms with Crippen molar-refractivity contribution in [2.75, 3.05) is 0 Å². The monoisotopic (exact) mass is 311 g/mol. The Bertz CT molecular complexity index is 619. The van der Waals surface area contributed by atoms with Gasteiger partial charge in [-0.1, -0.05) is 38.5 Å². The molecular weight excluding hydrogens is 297 g/mol. The number of ether oxygens (including phenoxy) is 1. The average molecular weight is 312 g/mol. The Morgan fingerprint density at radius 1 is 1.00 bits per heavy atom. The molecule has 0 atom stereocenters. The summed E-state index contributed by atoms with van der Waals surface area (Å²) in [5.41, 5.74) is 2.15. The number of halogens is 2. The normalized spacial score (nSPS) is 11.5. The third-order valence-electron chi connectivity index (χ3n) is 2.70. The van der Waals surface area contributed by atoms with Gasteiger partial charge < -0.3 is 4.74 Å². The summed E-state index contributed by atoms with van der Waals surface area (Å²) in [4.78, 5) is 11.5. The van der Waals surface area contributed by atoms with Crippen LogP contribution >= 0.6 is 23.2 Å². The highest BCUT2D eigenvalue weighted by Crippen LogP contribution is 2.34. The molecule has 0 saturated carbocycles. The van der Waals surface area contributed by atoms with Gasteiger partial charge in [0, 0.05) is 5.56 Å². The predicted molar refractivity (Wildman–Crippen MR) is 79.8 cm³/mol. The van der Waals surface area contributed by atoms with E-state index in [0.29, 0.717) is 5.75 Å². The SMILES string of the molecule is Cc1ccc(Oc2nc(Cl)nc(Cl)n2)c(C(C)(C)C)c1. The maximum atomic E-state index is 5.74. The molecule has 0 fully saturated rings. The van der Waals surface area contributed by atoms with Gasteiger partial charge in [-0.3, -0.25) is 0 Å². The molecule has 0 radical (unpaired) electrons. The molecule has 0 bridgehead atoms. The van der Waals surface area contributed by atoms with E-state index in [1.54, 1.807) is 0 Å². The highest BCUT2D eigenvalue weighted by molar-refractivity contribution is 6.31. The zero-order valence-corrected chi connectivity index (χ0v) is 13.2. The molecule has 0 aliphatic carbocycles. The van der Waals surface area contributed by atoms with Crippen LogP contribution in [-0.2, 0) is 5.41 Å². The quantitative estimate of drug-likeness (QED) is 0.814. The molecule has 0 unspecified atom stereocenters. The van der Waals surface area contributed by atoms with E-state index in [4.69, 9.17) is 27.9 Å². The van der Waals surface area contributed by atoms with Gasteiger partial charge in [-0.2, -0.15) is 15.0 Å². The number of benzene rings is 1. The van der Waals surface area contributed by atoms with Gasteiger partial charge in [-0.25, -0.2) is 0 Å². The number of aryl methyl sites for hydroxylation is 1. The van der Waals surface area contributed by atoms with Gasteiger partial charge in [0.15, 0.2) is 0 Å². The standard InChI is InChI=1S/C14H15Cl2N3O/c1-8-5-6-10(9(7-8)14(2,3)4)20-13-18-11(15)17-12(16)19-13/h5-7H,1-4H3. The van der Waals surface area contributed by atoms with Gasteiger partial charge in [0.1, 0.15) is 5.75 Å². The summed E-state index contributed by atoms with van der Waals surface area (Å²) >= 11 is 11.5. The maximum Gasteiger partial charge on any atom is 0.327 e. The summed E-state index contributed by atoms with van der Waals surface area (Å²) in [6, 6.07) is 6.03. The van der Waals surface area contributed by atoms with Gasteiger partial charge in [0.25, 0.3) is 0 Å². The fraction of sp³-hybridized carbons (Fsp3) is 0.357. The number of rotatable bonds is 2. The Balaban J connectivity index is 2.43. The molecule has 2 rings (SSSR count). The largest absolute Gasteiger partial charge is 0.424 e. The summed E-state index contributed by atoms with van der Waals surface area (Å²) in [7, 11) is 0. The first-order valence-electron chi connectivity index (χ1n) is 6.12. The van der Waals surface area contributed by atoms with Crippen LogP contribution in [0.4, 0.5) is 0 Å². The van der Waals surface area contributed by atoms with Crippen LogP contribution in [0.15, 0.2) is 18.2 Å². The van der Waals surface area contributed by atoms with Gasteiger partial charge in [-0.05, 0) is 41.6 Å². The predicted octanol–water partition coefficient (Wildman–Crippen LogP) is 4.58. The molecule has 0 saturated heterocycles. The van der Waals surface area contributed by atoms with Crippen LogP contribution in [0.5, 0.6) is 11.8 Å². The third-order valence-corrected chi connectivity index (χ3v) is 3.04. The molecule has 1 aromatic carbocycles. The van der Waals surface area contributed by atoms with Crippen molar-refractivity contribution in [2.45, 2.75) is 33.1 Å². The molecule has 106 valence electrons. The summed E-state index contributed by atoms with van der Waals surface area (Å²) in [5, 5.41) is 0.00819. The van der Waals surface area contributed by atoms with E-state index < -0.39 is 0 Å². The lowest BCUT2D eigenvalue weighted by molar-refractivity contribution is 0.420. The molecule has 20 heavy (non-hydrogen) atoms. The minimum atomic E-state index is -0.0675. The van der Waals surface area contributed by atoms with Crippen LogP contribution in [0, 0.1) is 6.92 Å². The van der Waals surface area contributed by atoms with Gasteiger partial charge >= 0.3 is 6.01 Å². The van der Waals surface area contributed by atoms with Crippen molar-refractivity contribution in [3.8, 4) is 11.8 Å². The van der Waals surface area contributed by atoms with Gasteiger partial charge in [-0.15, -0.1) is 0 Å². The summed E-state index contributed by atoms with van der Waals surface area (Å²) < 4.78 is 5.72. The lowest BCUT2D eigenvalue weighted by Crippen LogP contribution is -2.13. The zero-order chi connectivity index (χ0) is 14.9. The number of nitrogens with zero attached hydrogens (tertiary/aromatic N) is 3. The molecule has 6 heteroatoms. The number of aromatic nitrogens is 3. The summed E-state index contributed by atoms with van der Waals surface area (Å²) in [5.74, 6) is 0.682. The van der Waals surface area contributed by atoms with Crippen molar-refractivity contribution in [1.29, 1.82) is 0 Å². The Labute approximate surface area is 128 Å². The fourth-order valence-corrected chi connectivity index (χ4v) is 2.12. The second kappa shape index (κ2) is 5.54. The average Bonchev–Trinajstić information content (AvgIpc) is 2.28. The first-order valence-corrected chi connectivity index (χ1v) is 6.87. The maximum absolute atomic E-state index is 5.74. The smallest absolute Gasteiger partial charge is 0.327 e.